The van der Waals surface area contributed by atoms with Gasteiger partial charge in [-0.2, -0.15) is 0 Å². The van der Waals surface area contributed by atoms with Gasteiger partial charge in [0.25, 0.3) is 0 Å². The third-order valence-electron chi connectivity index (χ3n) is 0.549. The normalized spacial score (nSPS) is 11.8. The van der Waals surface area contributed by atoms with Crippen molar-refractivity contribution in [2.24, 2.45) is 0 Å². The quantitative estimate of drug-likeness (QED) is 0.279. The Morgan fingerprint density at radius 3 is 2.44 bits per heavy atom. The molecule has 1 atom stereocenters. The zero-order valence-corrected chi connectivity index (χ0v) is 7.59. The van der Waals surface area contributed by atoms with Gasteiger partial charge in [0, 0.05) is 0 Å². The number of aliphatic hydroxyl groups is 1. The number of carboxylic acids is 1. The van der Waals surface area contributed by atoms with E-state index in [0.717, 1.165) is 0 Å². The molecule has 0 bridgehead atoms. The van der Waals surface area contributed by atoms with Crippen LogP contribution in [0.4, 0.5) is 0 Å². The van der Waals surface area contributed by atoms with Crippen LogP contribution >= 0.6 is 0 Å². The van der Waals surface area contributed by atoms with E-state index in [9.17, 15) is 4.79 Å². The van der Waals surface area contributed by atoms with Crippen molar-refractivity contribution < 1.29 is 46.0 Å². The Bertz CT molecular complexity index is 90.6. The second-order valence-corrected chi connectivity index (χ2v) is 1.45. The van der Waals surface area contributed by atoms with Crippen molar-refractivity contribution in [1.29, 1.82) is 0 Å². The molecule has 0 radical (unpaired) electrons. The third-order valence-corrected chi connectivity index (χ3v) is 0.549. The molecule has 0 aliphatic carbocycles. The average molecular weight is 143 g/mol. The van der Waals surface area contributed by atoms with Gasteiger partial charge in [-0.15, -0.1) is 0 Å². The number of aliphatic carboxylic acids is 1. The maximum atomic E-state index is 9.73. The van der Waals surface area contributed by atoms with Gasteiger partial charge in [-0.3, -0.25) is 10.1 Å². The molecule has 0 heterocycles. The molecule has 4 nitrogen and oxygen atoms in total. The topological polar surface area (TPSA) is 69.6 Å². The van der Waals surface area contributed by atoms with E-state index in [1.165, 1.54) is 6.92 Å². The summed E-state index contributed by atoms with van der Waals surface area (Å²) >= 11 is 0. The van der Waals surface area contributed by atoms with Crippen LogP contribution in [0.2, 0.25) is 0 Å². The van der Waals surface area contributed by atoms with Crippen LogP contribution in [0.15, 0.2) is 0 Å². The largest absolute Gasteiger partial charge is 1.00 e. The molecular weight excluding hydrogens is 133 g/mol. The Morgan fingerprint density at radius 2 is 2.33 bits per heavy atom. The van der Waals surface area contributed by atoms with Crippen molar-refractivity contribution in [2.45, 2.75) is 13.2 Å². The van der Waals surface area contributed by atoms with Crippen LogP contribution in [-0.2, 0) is 4.79 Å². The summed E-state index contributed by atoms with van der Waals surface area (Å²) in [6.07, 6.45) is -0.744. The van der Waals surface area contributed by atoms with Gasteiger partial charge in [-0.1, -0.05) is 0 Å². The van der Waals surface area contributed by atoms with Crippen molar-refractivity contribution in [2.75, 3.05) is 6.54 Å². The van der Waals surface area contributed by atoms with Crippen LogP contribution in [0, 0.1) is 0 Å². The Kier molecular flexibility index (Phi) is 8.75. The van der Waals surface area contributed by atoms with Crippen molar-refractivity contribution in [3.05, 3.63) is 0 Å². The second kappa shape index (κ2) is 6.51. The molecule has 0 saturated carbocycles. The molecule has 0 aromatic carbocycles. The number of carboxylic acid groups (broad SMARTS) is 1. The van der Waals surface area contributed by atoms with Gasteiger partial charge >= 0.3 is 35.5 Å². The minimum Gasteiger partial charge on any atom is -1.00 e. The monoisotopic (exact) mass is 143 g/mol. The molecule has 0 aliphatic rings. The Morgan fingerprint density at radius 1 is 1.89 bits per heavy atom. The molecule has 5 heteroatoms. The van der Waals surface area contributed by atoms with E-state index in [1.807, 2.05) is 0 Å². The standard InChI is InChI=1S/C4H9NO3.Na.H/c1-3(6)5-2-4(7)8;;/h3,5-6H,2H2,1H3,(H,7,8);;/q;+1;-1. The summed E-state index contributed by atoms with van der Waals surface area (Å²) in [6, 6.07) is 0. The van der Waals surface area contributed by atoms with Crippen LogP contribution < -0.4 is 34.9 Å². The first kappa shape index (κ1) is 12.1. The summed E-state index contributed by atoms with van der Waals surface area (Å²) < 4.78 is 0. The second-order valence-electron chi connectivity index (χ2n) is 1.45. The molecule has 0 aromatic rings. The Balaban J connectivity index is -0.000000245. The van der Waals surface area contributed by atoms with Gasteiger partial charge in [-0.25, -0.2) is 0 Å². The molecule has 3 N–H and O–H groups in total. The first-order chi connectivity index (χ1) is 3.63. The molecule has 0 saturated heterocycles. The predicted octanol–water partition coefficient (Wildman–Crippen LogP) is -3.88. The van der Waals surface area contributed by atoms with E-state index < -0.39 is 12.2 Å². The molecule has 1 unspecified atom stereocenters. The summed E-state index contributed by atoms with van der Waals surface area (Å²) in [5, 5.41) is 18.7. The van der Waals surface area contributed by atoms with E-state index in [4.69, 9.17) is 10.2 Å². The van der Waals surface area contributed by atoms with E-state index in [1.54, 1.807) is 0 Å². The summed E-state index contributed by atoms with van der Waals surface area (Å²) in [7, 11) is 0. The fraction of sp³-hybridized carbons (Fsp3) is 0.750. The zero-order chi connectivity index (χ0) is 6.57. The number of hydrogen-bond donors (Lipinski definition) is 3. The van der Waals surface area contributed by atoms with Crippen LogP contribution in [0.5, 0.6) is 0 Å². The van der Waals surface area contributed by atoms with E-state index in [-0.39, 0.29) is 37.5 Å². The Hall–Kier alpha value is 0.390. The molecule has 0 rings (SSSR count). The zero-order valence-electron chi connectivity index (χ0n) is 6.59. The smallest absolute Gasteiger partial charge is 1.00 e. The van der Waals surface area contributed by atoms with Gasteiger partial charge < -0.3 is 11.6 Å². The first-order valence-electron chi connectivity index (χ1n) is 2.26. The molecule has 0 fully saturated rings. The molecule has 0 spiro atoms. The van der Waals surface area contributed by atoms with Crippen LogP contribution in [0.3, 0.4) is 0 Å². The molecule has 0 aromatic heterocycles. The van der Waals surface area contributed by atoms with E-state index in [2.05, 4.69) is 5.32 Å². The van der Waals surface area contributed by atoms with Crippen molar-refractivity contribution >= 4 is 5.97 Å². The maximum absolute atomic E-state index is 9.73. The van der Waals surface area contributed by atoms with Gasteiger partial charge in [0.15, 0.2) is 0 Å². The summed E-state index contributed by atoms with van der Waals surface area (Å²) in [5.74, 6) is -0.967. The van der Waals surface area contributed by atoms with Gasteiger partial charge in [0.05, 0.1) is 6.54 Å². The number of rotatable bonds is 3. The van der Waals surface area contributed by atoms with Crippen molar-refractivity contribution in [1.82, 2.24) is 5.32 Å². The van der Waals surface area contributed by atoms with Crippen LogP contribution in [0.25, 0.3) is 0 Å². The summed E-state index contributed by atoms with van der Waals surface area (Å²) in [6.45, 7) is 1.26. The number of hydrogen-bond acceptors (Lipinski definition) is 3. The summed E-state index contributed by atoms with van der Waals surface area (Å²) in [5.41, 5.74) is 0. The average Bonchev–Trinajstić information content (AvgIpc) is 1.61. The van der Waals surface area contributed by atoms with Crippen molar-refractivity contribution in [3.63, 3.8) is 0 Å². The predicted molar refractivity (Wildman–Crippen MR) is 28.4 cm³/mol. The van der Waals surface area contributed by atoms with Gasteiger partial charge in [-0.05, 0) is 6.92 Å². The Labute approximate surface area is 77.0 Å². The SMILES string of the molecule is CC(O)NCC(=O)O.[H-].[Na+]. The summed E-state index contributed by atoms with van der Waals surface area (Å²) in [4.78, 5) is 9.73. The molecular formula is C4H10NNaO3. The fourth-order valence-corrected chi connectivity index (χ4v) is 0.235. The van der Waals surface area contributed by atoms with E-state index in [0.29, 0.717) is 0 Å². The van der Waals surface area contributed by atoms with Crippen LogP contribution in [-0.4, -0.2) is 29.0 Å². The molecule has 9 heavy (non-hydrogen) atoms. The number of aliphatic hydroxyl groups excluding tert-OH is 1. The minimum absolute atomic E-state index is 0. The molecule has 0 aliphatic heterocycles. The maximum Gasteiger partial charge on any atom is 1.00 e. The number of carbonyl (C=O) groups is 1. The van der Waals surface area contributed by atoms with E-state index >= 15 is 0 Å². The molecule has 50 valence electrons. The molecule has 0 amide bonds. The van der Waals surface area contributed by atoms with Crippen LogP contribution in [0.1, 0.15) is 8.35 Å². The fourth-order valence-electron chi connectivity index (χ4n) is 0.235. The third kappa shape index (κ3) is 11.8. The minimum atomic E-state index is -0.967. The first-order valence-corrected chi connectivity index (χ1v) is 2.26. The number of nitrogens with one attached hydrogen (secondary N) is 1. The van der Waals surface area contributed by atoms with Gasteiger partial charge in [0.1, 0.15) is 6.23 Å². The van der Waals surface area contributed by atoms with Crippen molar-refractivity contribution in [3.8, 4) is 0 Å². The van der Waals surface area contributed by atoms with Gasteiger partial charge in [0.2, 0.25) is 0 Å².